The first-order valence-corrected chi connectivity index (χ1v) is 10.5. The van der Waals surface area contributed by atoms with Gasteiger partial charge in [-0.05, 0) is 26.0 Å². The molecule has 0 aliphatic rings. The number of hydrogen-bond donors (Lipinski definition) is 1. The fourth-order valence-electron chi connectivity index (χ4n) is 1.01. The molecule has 0 unspecified atom stereocenters. The van der Waals surface area contributed by atoms with E-state index in [4.69, 9.17) is 10.7 Å². The molecule has 13 heteroatoms. The molecule has 2 aromatic heterocycles. The van der Waals surface area contributed by atoms with Gasteiger partial charge in [0.15, 0.2) is 0 Å². The Labute approximate surface area is 153 Å². The number of hydrogen-bond acceptors (Lipinski definition) is 6. The average Bonchev–Trinajstić information content (AvgIpc) is 3.10. The van der Waals surface area contributed by atoms with Gasteiger partial charge in [0.2, 0.25) is 0 Å². The lowest BCUT2D eigenvalue weighted by Gasteiger charge is -2.09. The fourth-order valence-corrected chi connectivity index (χ4v) is 1.80. The molecule has 0 aliphatic heterocycles. The van der Waals surface area contributed by atoms with Gasteiger partial charge in [-0.15, -0.1) is 0 Å². The first-order chi connectivity index (χ1) is 11.3. The average molecular weight is 415 g/mol. The first-order valence-electron chi connectivity index (χ1n) is 6.82. The fraction of sp³-hybridized carbons (Fsp3) is 0.500. The van der Waals surface area contributed by atoms with Crippen LogP contribution in [-0.2, 0) is 19.4 Å². The third kappa shape index (κ3) is 8.97. The Morgan fingerprint density at radius 1 is 1.04 bits per heavy atom. The van der Waals surface area contributed by atoms with Crippen LogP contribution in [0.2, 0.25) is 0 Å². The van der Waals surface area contributed by atoms with Crippen LogP contribution in [0.5, 0.6) is 0 Å². The van der Waals surface area contributed by atoms with Gasteiger partial charge in [0.05, 0.1) is 5.69 Å². The zero-order valence-corrected chi connectivity index (χ0v) is 17.3. The van der Waals surface area contributed by atoms with E-state index in [9.17, 15) is 16.8 Å². The molecule has 0 radical (unpaired) electrons. The highest BCUT2D eigenvalue weighted by Crippen LogP contribution is 2.00. The van der Waals surface area contributed by atoms with Crippen molar-refractivity contribution in [1.29, 1.82) is 0 Å². The second-order valence-corrected chi connectivity index (χ2v) is 9.81. The van der Waals surface area contributed by atoms with Crippen molar-refractivity contribution in [1.82, 2.24) is 28.0 Å². The molecule has 0 bridgehead atoms. The van der Waals surface area contributed by atoms with Crippen LogP contribution in [-0.4, -0.2) is 73.0 Å². The maximum absolute atomic E-state index is 11.4. The molecule has 0 saturated carbocycles. The Morgan fingerprint density at radius 2 is 1.56 bits per heavy atom. The summed E-state index contributed by atoms with van der Waals surface area (Å²) in [5.74, 6) is 0. The topological polar surface area (TPSA) is 121 Å². The van der Waals surface area contributed by atoms with Crippen LogP contribution in [0.15, 0.2) is 24.5 Å². The van der Waals surface area contributed by atoms with E-state index < -0.39 is 19.4 Å². The van der Waals surface area contributed by atoms with Gasteiger partial charge in [-0.3, -0.25) is 5.10 Å². The van der Waals surface area contributed by atoms with Crippen molar-refractivity contribution in [3.8, 4) is 0 Å². The molecule has 0 saturated heterocycles. The predicted molar refractivity (Wildman–Crippen MR) is 96.8 cm³/mol. The summed E-state index contributed by atoms with van der Waals surface area (Å²) in [6.45, 7) is 3.70. The van der Waals surface area contributed by atoms with Crippen molar-refractivity contribution in [3.63, 3.8) is 0 Å². The summed E-state index contributed by atoms with van der Waals surface area (Å²) in [7, 11) is 3.57. The molecule has 0 aliphatic carbocycles. The summed E-state index contributed by atoms with van der Waals surface area (Å²) in [6.07, 6.45) is 3.15. The number of aryl methyl sites for hydroxylation is 2. The molecular weight excluding hydrogens is 392 g/mol. The van der Waals surface area contributed by atoms with Gasteiger partial charge >= 0.3 is 10.2 Å². The monoisotopic (exact) mass is 414 g/mol. The number of rotatable bonds is 3. The second kappa shape index (κ2) is 9.87. The number of nitrogens with one attached hydrogen (secondary N) is 1. The van der Waals surface area contributed by atoms with Crippen molar-refractivity contribution < 1.29 is 16.8 Å². The molecule has 2 rings (SSSR count). The summed E-state index contributed by atoms with van der Waals surface area (Å²) in [5, 5.41) is 10.2. The minimum Gasteiger partial charge on any atom is -0.283 e. The Hall–Kier alpha value is -1.47. The SMILES string of the molecule is CN(C)S(=O)(=O)Cl.Cc1ccn(S(=O)(=O)N(C)C)n1.Cc1ccn[nH]1. The third-order valence-electron chi connectivity index (χ3n) is 2.47. The Bertz CT molecular complexity index is 829. The van der Waals surface area contributed by atoms with Gasteiger partial charge < -0.3 is 0 Å². The number of H-pyrrole nitrogens is 1. The summed E-state index contributed by atoms with van der Waals surface area (Å²) >= 11 is 0. The molecule has 10 nitrogen and oxygen atoms in total. The van der Waals surface area contributed by atoms with Crippen molar-refractivity contribution in [2.24, 2.45) is 0 Å². The van der Waals surface area contributed by atoms with Crippen molar-refractivity contribution >= 4 is 30.1 Å². The number of halogens is 1. The van der Waals surface area contributed by atoms with Crippen LogP contribution in [0.1, 0.15) is 11.4 Å². The largest absolute Gasteiger partial charge is 0.322 e. The first kappa shape index (κ1) is 23.5. The van der Waals surface area contributed by atoms with Gasteiger partial charge in [-0.1, -0.05) is 0 Å². The van der Waals surface area contributed by atoms with E-state index in [-0.39, 0.29) is 0 Å². The van der Waals surface area contributed by atoms with E-state index in [1.54, 1.807) is 19.2 Å². The van der Waals surface area contributed by atoms with Gasteiger partial charge in [0.1, 0.15) is 0 Å². The minimum absolute atomic E-state index is 0.681. The van der Waals surface area contributed by atoms with E-state index in [0.29, 0.717) is 5.69 Å². The number of nitrogens with zero attached hydrogens (tertiary/aromatic N) is 5. The van der Waals surface area contributed by atoms with Crippen molar-refractivity contribution in [2.45, 2.75) is 13.8 Å². The van der Waals surface area contributed by atoms with Gasteiger partial charge in [0.25, 0.3) is 9.24 Å². The minimum atomic E-state index is -3.44. The maximum Gasteiger partial charge on any atom is 0.322 e. The van der Waals surface area contributed by atoms with Crippen molar-refractivity contribution in [3.05, 3.63) is 35.9 Å². The third-order valence-corrected chi connectivity index (χ3v) is 5.77. The molecule has 0 fully saturated rings. The van der Waals surface area contributed by atoms with E-state index >= 15 is 0 Å². The standard InChI is InChI=1S/C6H11N3O2S.C4H6N2.C2H6ClNO2S/c1-6-4-5-9(7-6)12(10,11)8(2)3;1-4-2-3-5-6-4;1-4(2)7(3,5)6/h4-5H,1-3H3;2-3H,1H3,(H,5,6);1-2H3. The molecule has 0 amide bonds. The predicted octanol–water partition coefficient (Wildman–Crippen LogP) is 0.596. The van der Waals surface area contributed by atoms with Crippen LogP contribution in [0.25, 0.3) is 0 Å². The molecule has 2 aromatic rings. The molecule has 1 N–H and O–H groups in total. The van der Waals surface area contributed by atoms with Crippen LogP contribution in [0.4, 0.5) is 0 Å². The lowest BCUT2D eigenvalue weighted by molar-refractivity contribution is 0.503. The highest BCUT2D eigenvalue weighted by molar-refractivity contribution is 8.11. The van der Waals surface area contributed by atoms with Crippen LogP contribution in [0.3, 0.4) is 0 Å². The van der Waals surface area contributed by atoms with Gasteiger partial charge in [0, 0.05) is 57.0 Å². The zero-order chi connectivity index (χ0) is 19.8. The zero-order valence-electron chi connectivity index (χ0n) is 14.9. The van der Waals surface area contributed by atoms with E-state index in [2.05, 4.69) is 15.3 Å². The molecule has 0 atom stereocenters. The normalized spacial score (nSPS) is 11.6. The summed E-state index contributed by atoms with van der Waals surface area (Å²) in [5.41, 5.74) is 1.79. The molecule has 0 spiro atoms. The molecular formula is C12H23ClN6O4S2. The Kier molecular flexibility index (Phi) is 9.29. The Balaban J connectivity index is 0.000000377. The number of aromatic amines is 1. The van der Waals surface area contributed by atoms with Crippen LogP contribution in [0, 0.1) is 13.8 Å². The van der Waals surface area contributed by atoms with E-state index in [1.165, 1.54) is 34.4 Å². The summed E-state index contributed by atoms with van der Waals surface area (Å²) in [6, 6.07) is 3.56. The van der Waals surface area contributed by atoms with Crippen LogP contribution < -0.4 is 0 Å². The molecule has 25 heavy (non-hydrogen) atoms. The van der Waals surface area contributed by atoms with E-state index in [1.807, 2.05) is 13.0 Å². The van der Waals surface area contributed by atoms with Crippen LogP contribution >= 0.6 is 10.7 Å². The van der Waals surface area contributed by atoms with Gasteiger partial charge in [-0.2, -0.15) is 39.7 Å². The molecule has 144 valence electrons. The Morgan fingerprint density at radius 3 is 1.76 bits per heavy atom. The smallest absolute Gasteiger partial charge is 0.283 e. The lowest BCUT2D eigenvalue weighted by Crippen LogP contribution is -2.29. The highest BCUT2D eigenvalue weighted by Gasteiger charge is 2.16. The second-order valence-electron chi connectivity index (χ2n) is 5.08. The maximum atomic E-state index is 11.4. The lowest BCUT2D eigenvalue weighted by atomic mass is 10.5. The summed E-state index contributed by atoms with van der Waals surface area (Å²) < 4.78 is 45.8. The van der Waals surface area contributed by atoms with Gasteiger partial charge in [-0.25, -0.2) is 0 Å². The highest BCUT2D eigenvalue weighted by atomic mass is 35.7. The van der Waals surface area contributed by atoms with Crippen molar-refractivity contribution in [2.75, 3.05) is 28.2 Å². The molecule has 2 heterocycles. The summed E-state index contributed by atoms with van der Waals surface area (Å²) in [4.78, 5) is 0. The molecule has 0 aromatic carbocycles. The van der Waals surface area contributed by atoms with E-state index in [0.717, 1.165) is 18.4 Å². The number of aromatic nitrogens is 4. The quantitative estimate of drug-likeness (QED) is 0.734.